The number of para-hydroxylation sites is 1. The van der Waals surface area contributed by atoms with Crippen LogP contribution in [0.4, 0.5) is 0 Å². The minimum absolute atomic E-state index is 0.185. The summed E-state index contributed by atoms with van der Waals surface area (Å²) in [5.74, 6) is 0. The second kappa shape index (κ2) is 8.44. The number of hydrogen-bond acceptors (Lipinski definition) is 1. The van der Waals surface area contributed by atoms with Crippen molar-refractivity contribution in [3.63, 3.8) is 0 Å². The number of furan rings is 1. The van der Waals surface area contributed by atoms with Crippen LogP contribution in [0.25, 0.3) is 76.9 Å². The van der Waals surface area contributed by atoms with Crippen molar-refractivity contribution >= 4 is 43.5 Å². The molecule has 1 nitrogen and oxygen atoms in total. The summed E-state index contributed by atoms with van der Waals surface area (Å²) in [5.41, 5.74) is 6.98. The lowest BCUT2D eigenvalue weighted by Crippen LogP contribution is -2.14. The fourth-order valence-electron chi connectivity index (χ4n) is 7.03. The molecule has 198 valence electrons. The summed E-state index contributed by atoms with van der Waals surface area (Å²) in [6, 6.07) is 24.3. The van der Waals surface area contributed by atoms with Crippen molar-refractivity contribution in [2.45, 2.75) is 19.3 Å². The van der Waals surface area contributed by atoms with Crippen molar-refractivity contribution in [1.82, 2.24) is 0 Å². The Kier molecular flexibility index (Phi) is 3.41. The van der Waals surface area contributed by atoms with E-state index in [1.54, 1.807) is 6.07 Å². The minimum atomic E-state index is -0.426. The second-order valence-electron chi connectivity index (χ2n) is 11.5. The largest absolute Gasteiger partial charge is 0.456 e. The Morgan fingerprint density at radius 3 is 1.88 bits per heavy atom. The van der Waals surface area contributed by atoms with Crippen molar-refractivity contribution in [3.8, 4) is 33.4 Å². The first-order valence-electron chi connectivity index (χ1n) is 18.0. The lowest BCUT2D eigenvalue weighted by atomic mass is 9.80. The van der Waals surface area contributed by atoms with E-state index in [2.05, 4.69) is 26.0 Å². The van der Waals surface area contributed by atoms with Crippen molar-refractivity contribution in [2.24, 2.45) is 0 Å². The molecule has 0 spiro atoms. The van der Waals surface area contributed by atoms with Crippen LogP contribution in [0.2, 0.25) is 0 Å². The van der Waals surface area contributed by atoms with Crippen molar-refractivity contribution in [2.75, 3.05) is 0 Å². The van der Waals surface area contributed by atoms with Gasteiger partial charge in [0.25, 0.3) is 0 Å². The zero-order valence-electron chi connectivity index (χ0n) is 31.0. The number of benzene rings is 7. The molecule has 0 N–H and O–H groups in total. The average Bonchev–Trinajstić information content (AvgIpc) is 3.62. The molecular weight excluding hydrogens is 508 g/mol. The Morgan fingerprint density at radius 2 is 1.12 bits per heavy atom. The average molecular weight is 545 g/mol. The molecule has 0 bridgehead atoms. The first-order valence-corrected chi connectivity index (χ1v) is 14.0. The first kappa shape index (κ1) is 17.0. The Hall–Kier alpha value is -5.14. The summed E-state index contributed by atoms with van der Waals surface area (Å²) in [6.07, 6.45) is 0. The molecule has 0 unspecified atom stereocenters. The summed E-state index contributed by atoms with van der Waals surface area (Å²) < 4.78 is 78.9. The Labute approximate surface area is 255 Å². The molecule has 1 heterocycles. The van der Waals surface area contributed by atoms with E-state index < -0.39 is 24.2 Å². The van der Waals surface area contributed by atoms with E-state index in [0.717, 1.165) is 22.1 Å². The monoisotopic (exact) mass is 544 g/mol. The maximum atomic E-state index is 9.37. The minimum Gasteiger partial charge on any atom is -0.456 e. The Bertz CT molecular complexity index is 2750. The van der Waals surface area contributed by atoms with Gasteiger partial charge in [0.15, 0.2) is 0 Å². The van der Waals surface area contributed by atoms with Crippen LogP contribution in [0.15, 0.2) is 138 Å². The third-order valence-corrected chi connectivity index (χ3v) is 8.92. The maximum Gasteiger partial charge on any atom is 0.136 e. The van der Waals surface area contributed by atoms with Crippen LogP contribution in [0, 0.1) is 0 Å². The second-order valence-corrected chi connectivity index (χ2v) is 11.5. The van der Waals surface area contributed by atoms with Crippen molar-refractivity contribution < 1.29 is 15.4 Å². The highest BCUT2D eigenvalue weighted by Gasteiger charge is 2.35. The van der Waals surface area contributed by atoms with E-state index in [4.69, 9.17) is 9.90 Å². The third kappa shape index (κ3) is 3.08. The van der Waals surface area contributed by atoms with Gasteiger partial charge in [0, 0.05) is 16.2 Å². The van der Waals surface area contributed by atoms with Crippen LogP contribution >= 0.6 is 0 Å². The van der Waals surface area contributed by atoms with Gasteiger partial charge in [0.1, 0.15) is 11.2 Å². The molecule has 42 heavy (non-hydrogen) atoms. The molecule has 0 aliphatic heterocycles. The van der Waals surface area contributed by atoms with Gasteiger partial charge < -0.3 is 4.42 Å². The van der Waals surface area contributed by atoms with Crippen LogP contribution < -0.4 is 0 Å². The molecule has 0 fully saturated rings. The highest BCUT2D eigenvalue weighted by molar-refractivity contribution is 6.25. The van der Waals surface area contributed by atoms with Gasteiger partial charge in [-0.05, 0) is 84.3 Å². The van der Waals surface area contributed by atoms with Gasteiger partial charge in [-0.15, -0.1) is 0 Å². The summed E-state index contributed by atoms with van der Waals surface area (Å²) in [6.45, 7) is 4.30. The summed E-state index contributed by atoms with van der Waals surface area (Å²) in [7, 11) is 0. The molecule has 0 saturated carbocycles. The number of fused-ring (bicyclic) bond motifs is 8. The molecule has 8 aromatic rings. The van der Waals surface area contributed by atoms with E-state index >= 15 is 0 Å². The van der Waals surface area contributed by atoms with Gasteiger partial charge in [-0.25, -0.2) is 0 Å². The van der Waals surface area contributed by atoms with Crippen LogP contribution in [0.3, 0.4) is 0 Å². The van der Waals surface area contributed by atoms with Crippen molar-refractivity contribution in [1.29, 1.82) is 0 Å². The topological polar surface area (TPSA) is 13.1 Å². The molecule has 9 rings (SSSR count). The summed E-state index contributed by atoms with van der Waals surface area (Å²) >= 11 is 0. The highest BCUT2D eigenvalue weighted by atomic mass is 16.3. The fourth-order valence-corrected chi connectivity index (χ4v) is 7.03. The van der Waals surface area contributed by atoms with Gasteiger partial charge in [-0.3, -0.25) is 0 Å². The molecule has 1 aliphatic carbocycles. The number of hydrogen-bond donors (Lipinski definition) is 0. The Balaban J connectivity index is 1.54. The summed E-state index contributed by atoms with van der Waals surface area (Å²) in [5, 5.41) is 2.23. The predicted molar refractivity (Wildman–Crippen MR) is 177 cm³/mol. The van der Waals surface area contributed by atoms with E-state index in [-0.39, 0.29) is 51.1 Å². The smallest absolute Gasteiger partial charge is 0.136 e. The van der Waals surface area contributed by atoms with Crippen LogP contribution in [0.1, 0.15) is 35.9 Å². The third-order valence-electron chi connectivity index (χ3n) is 8.92. The van der Waals surface area contributed by atoms with Gasteiger partial charge in [0.05, 0.1) is 11.0 Å². The van der Waals surface area contributed by atoms with Crippen LogP contribution in [-0.2, 0) is 5.41 Å². The van der Waals surface area contributed by atoms with E-state index in [9.17, 15) is 5.48 Å². The molecule has 0 atom stereocenters. The van der Waals surface area contributed by atoms with E-state index in [1.807, 2.05) is 66.7 Å². The van der Waals surface area contributed by atoms with Gasteiger partial charge in [-0.1, -0.05) is 129 Å². The van der Waals surface area contributed by atoms with Crippen LogP contribution in [-0.4, -0.2) is 0 Å². The maximum absolute atomic E-state index is 9.37. The van der Waals surface area contributed by atoms with E-state index in [0.29, 0.717) is 38.8 Å². The predicted octanol–water partition coefficient (Wildman–Crippen LogP) is 11.5. The molecule has 0 amide bonds. The highest BCUT2D eigenvalue weighted by Crippen LogP contribution is 2.51. The van der Waals surface area contributed by atoms with Crippen LogP contribution in [0.5, 0.6) is 0 Å². The SMILES string of the molecule is [2H]c1c([2H])c([2H])c2c(-c3cccc4oc5ccccc5c34)c3c([2H])c([2H])c([2H])c([2H])c3c(-c3ccc4c(c3)C(C)(C)c3ccccc3-4)c2c1[2H]. The lowest BCUT2D eigenvalue weighted by molar-refractivity contribution is 0.660. The normalized spacial score (nSPS) is 16.3. The summed E-state index contributed by atoms with van der Waals surface area (Å²) in [4.78, 5) is 0. The molecule has 1 heteroatoms. The zero-order valence-corrected chi connectivity index (χ0v) is 23.0. The van der Waals surface area contributed by atoms with Gasteiger partial charge in [-0.2, -0.15) is 0 Å². The van der Waals surface area contributed by atoms with E-state index in [1.165, 1.54) is 5.56 Å². The molecule has 7 aromatic carbocycles. The zero-order chi connectivity index (χ0) is 35.0. The number of rotatable bonds is 2. The fraction of sp³-hybridized carbons (Fsp3) is 0.0732. The molecule has 1 aliphatic rings. The quantitative estimate of drug-likeness (QED) is 0.197. The van der Waals surface area contributed by atoms with Gasteiger partial charge in [0.2, 0.25) is 0 Å². The Morgan fingerprint density at radius 1 is 0.524 bits per heavy atom. The first-order chi connectivity index (χ1) is 23.9. The molecular formula is C41H28O. The molecule has 0 radical (unpaired) electrons. The molecule has 1 aromatic heterocycles. The standard InChI is InChI=1S/C41H28O/c1-41(2)34-19-9-7-12-26(34)27-23-22-25(24-35(27)41)38-28-13-3-5-15-30(28)39(31-16-6-4-14-29(31)38)33-18-11-21-37-40(33)32-17-8-10-20-36(32)42-37/h3-24H,1-2H3/i3D,4D,5D,6D,13D,14D,15D,16D. The lowest BCUT2D eigenvalue weighted by Gasteiger charge is -2.23. The van der Waals surface area contributed by atoms with Crippen molar-refractivity contribution in [3.05, 3.63) is 144 Å². The molecule has 0 saturated heterocycles. The van der Waals surface area contributed by atoms with Gasteiger partial charge >= 0.3 is 0 Å².